The highest BCUT2D eigenvalue weighted by molar-refractivity contribution is 5.79. The van der Waals surface area contributed by atoms with Crippen molar-refractivity contribution in [3.8, 4) is 11.1 Å². The first-order valence-electron chi connectivity index (χ1n) is 11.0. The van der Waals surface area contributed by atoms with Gasteiger partial charge in [0.2, 0.25) is 0 Å². The number of hydrogen-bond donors (Lipinski definition) is 2. The molecule has 0 fully saturated rings. The molecule has 1 unspecified atom stereocenters. The van der Waals surface area contributed by atoms with E-state index < -0.39 is 53.6 Å². The first-order chi connectivity index (χ1) is 17.3. The normalized spacial score (nSPS) is 14.0. The minimum atomic E-state index is -5.13. The van der Waals surface area contributed by atoms with Crippen molar-refractivity contribution < 1.29 is 45.8 Å². The quantitative estimate of drug-likeness (QED) is 0.350. The van der Waals surface area contributed by atoms with Crippen molar-refractivity contribution in [2.45, 2.75) is 30.7 Å². The molecule has 0 bridgehead atoms. The van der Waals surface area contributed by atoms with Crippen LogP contribution in [0.2, 0.25) is 0 Å². The van der Waals surface area contributed by atoms with E-state index in [-0.39, 0.29) is 18.6 Å². The van der Waals surface area contributed by atoms with Gasteiger partial charge in [0.05, 0.1) is 23.6 Å². The molecule has 5 nitrogen and oxygen atoms in total. The Hall–Kier alpha value is -4.02. The molecule has 1 atom stereocenters. The van der Waals surface area contributed by atoms with Gasteiger partial charge < -0.3 is 15.2 Å². The lowest BCUT2D eigenvalue weighted by Crippen LogP contribution is -2.32. The number of halogens is 6. The number of carbonyl (C=O) groups is 2. The number of fused-ring (bicyclic) bond motifs is 3. The first kappa shape index (κ1) is 26.1. The Balaban J connectivity index is 1.57. The van der Waals surface area contributed by atoms with Gasteiger partial charge in [0.15, 0.2) is 0 Å². The second-order valence-corrected chi connectivity index (χ2v) is 8.46. The molecule has 0 saturated carbocycles. The highest BCUT2D eigenvalue weighted by Gasteiger charge is 2.38. The van der Waals surface area contributed by atoms with Gasteiger partial charge in [0.1, 0.15) is 6.61 Å². The van der Waals surface area contributed by atoms with E-state index in [1.54, 1.807) is 0 Å². The molecular formula is C26H19F6NO4. The number of alkyl halides is 6. The van der Waals surface area contributed by atoms with Gasteiger partial charge in [-0.1, -0.05) is 48.5 Å². The van der Waals surface area contributed by atoms with Crippen LogP contribution in [0.15, 0.2) is 66.7 Å². The zero-order valence-electron chi connectivity index (χ0n) is 18.9. The molecule has 1 aliphatic rings. The van der Waals surface area contributed by atoms with Crippen LogP contribution in [0.4, 0.5) is 31.1 Å². The number of amides is 1. The predicted octanol–water partition coefficient (Wildman–Crippen LogP) is 6.78. The van der Waals surface area contributed by atoms with Gasteiger partial charge >= 0.3 is 24.4 Å². The maximum Gasteiger partial charge on any atom is 0.416 e. The summed E-state index contributed by atoms with van der Waals surface area (Å²) in [5.41, 5.74) is -0.265. The van der Waals surface area contributed by atoms with Crippen LogP contribution >= 0.6 is 0 Å². The van der Waals surface area contributed by atoms with Crippen LogP contribution in [0.5, 0.6) is 0 Å². The number of aliphatic carboxylic acids is 1. The summed E-state index contributed by atoms with van der Waals surface area (Å²) in [5, 5.41) is 11.3. The third kappa shape index (κ3) is 5.71. The van der Waals surface area contributed by atoms with Crippen LogP contribution in [0.1, 0.15) is 46.2 Å². The molecule has 0 saturated heterocycles. The fourth-order valence-electron chi connectivity index (χ4n) is 4.39. The molecule has 11 heteroatoms. The zero-order valence-corrected chi connectivity index (χ0v) is 18.9. The molecule has 37 heavy (non-hydrogen) atoms. The topological polar surface area (TPSA) is 75.6 Å². The first-order valence-corrected chi connectivity index (χ1v) is 11.0. The van der Waals surface area contributed by atoms with Crippen molar-refractivity contribution in [1.29, 1.82) is 0 Å². The number of alkyl carbamates (subject to hydrolysis) is 1. The molecular weight excluding hydrogens is 504 g/mol. The zero-order chi connectivity index (χ0) is 27.0. The van der Waals surface area contributed by atoms with E-state index in [1.165, 1.54) is 0 Å². The van der Waals surface area contributed by atoms with E-state index in [9.17, 15) is 41.0 Å². The SMILES string of the molecule is O=C(O)CC(NC(=O)OCC1c2ccccc2-c2ccccc21)c1cc(C(F)(F)F)cc(C(F)(F)F)c1. The molecule has 3 aromatic rings. The number of hydrogen-bond acceptors (Lipinski definition) is 3. The third-order valence-electron chi connectivity index (χ3n) is 6.03. The number of ether oxygens (including phenoxy) is 1. The molecule has 2 N–H and O–H groups in total. The largest absolute Gasteiger partial charge is 0.481 e. The van der Waals surface area contributed by atoms with Crippen molar-refractivity contribution in [2.75, 3.05) is 6.61 Å². The summed E-state index contributed by atoms with van der Waals surface area (Å²) in [4.78, 5) is 23.9. The maximum atomic E-state index is 13.3. The molecule has 1 amide bonds. The smallest absolute Gasteiger partial charge is 0.416 e. The van der Waals surface area contributed by atoms with Gasteiger partial charge in [0.25, 0.3) is 0 Å². The molecule has 4 rings (SSSR count). The Morgan fingerprint density at radius 3 is 1.78 bits per heavy atom. The van der Waals surface area contributed by atoms with Crippen molar-refractivity contribution >= 4 is 12.1 Å². The highest BCUT2D eigenvalue weighted by Crippen LogP contribution is 2.44. The van der Waals surface area contributed by atoms with E-state index in [2.05, 4.69) is 5.32 Å². The van der Waals surface area contributed by atoms with E-state index in [4.69, 9.17) is 4.74 Å². The lowest BCUT2D eigenvalue weighted by Gasteiger charge is -2.21. The Labute approximate surface area is 206 Å². The molecule has 194 valence electrons. The summed E-state index contributed by atoms with van der Waals surface area (Å²) in [6.07, 6.45) is -12.4. The Bertz CT molecular complexity index is 1260. The molecule has 3 aromatic carbocycles. The van der Waals surface area contributed by atoms with Crippen LogP contribution in [0, 0.1) is 0 Å². The van der Waals surface area contributed by atoms with Crippen LogP contribution in [0.25, 0.3) is 11.1 Å². The van der Waals surface area contributed by atoms with E-state index >= 15 is 0 Å². The Kier molecular flexibility index (Phi) is 6.90. The number of carboxylic acid groups (broad SMARTS) is 1. The van der Waals surface area contributed by atoms with Crippen molar-refractivity contribution in [1.82, 2.24) is 5.32 Å². The van der Waals surface area contributed by atoms with Gasteiger partial charge in [-0.3, -0.25) is 4.79 Å². The summed E-state index contributed by atoms with van der Waals surface area (Å²) in [7, 11) is 0. The second kappa shape index (κ2) is 9.79. The minimum absolute atomic E-state index is 0.0748. The van der Waals surface area contributed by atoms with Crippen molar-refractivity contribution in [3.63, 3.8) is 0 Å². The molecule has 0 aromatic heterocycles. The second-order valence-electron chi connectivity index (χ2n) is 8.46. The van der Waals surface area contributed by atoms with Crippen molar-refractivity contribution in [3.05, 3.63) is 94.5 Å². The fraction of sp³-hybridized carbons (Fsp3) is 0.231. The van der Waals surface area contributed by atoms with Crippen LogP contribution in [-0.4, -0.2) is 23.8 Å². The summed E-state index contributed by atoms with van der Waals surface area (Å²) >= 11 is 0. The number of carboxylic acids is 1. The molecule has 1 aliphatic carbocycles. The van der Waals surface area contributed by atoms with E-state index in [0.29, 0.717) is 12.1 Å². The molecule has 0 radical (unpaired) electrons. The van der Waals surface area contributed by atoms with Gasteiger partial charge in [-0.05, 0) is 46.0 Å². The lowest BCUT2D eigenvalue weighted by molar-refractivity contribution is -0.143. The summed E-state index contributed by atoms with van der Waals surface area (Å²) < 4.78 is 84.9. The van der Waals surface area contributed by atoms with Gasteiger partial charge in [-0.25, -0.2) is 4.79 Å². The Morgan fingerprint density at radius 1 is 0.838 bits per heavy atom. The molecule has 0 spiro atoms. The summed E-state index contributed by atoms with van der Waals surface area (Å²) in [6, 6.07) is 13.8. The Morgan fingerprint density at radius 2 is 1.32 bits per heavy atom. The predicted molar refractivity (Wildman–Crippen MR) is 120 cm³/mol. The van der Waals surface area contributed by atoms with E-state index in [0.717, 1.165) is 22.3 Å². The highest BCUT2D eigenvalue weighted by atomic mass is 19.4. The van der Waals surface area contributed by atoms with Crippen molar-refractivity contribution in [2.24, 2.45) is 0 Å². The number of carbonyl (C=O) groups excluding carboxylic acids is 1. The minimum Gasteiger partial charge on any atom is -0.481 e. The fourth-order valence-corrected chi connectivity index (χ4v) is 4.39. The average molecular weight is 523 g/mol. The van der Waals surface area contributed by atoms with E-state index in [1.807, 2.05) is 48.5 Å². The van der Waals surface area contributed by atoms with Crippen LogP contribution in [0.3, 0.4) is 0 Å². The average Bonchev–Trinajstić information content (AvgIpc) is 3.14. The number of benzene rings is 3. The van der Waals surface area contributed by atoms with Gasteiger partial charge in [0, 0.05) is 5.92 Å². The molecule has 0 aliphatic heterocycles. The molecule has 0 heterocycles. The lowest BCUT2D eigenvalue weighted by atomic mass is 9.97. The van der Waals surface area contributed by atoms with Crippen LogP contribution in [-0.2, 0) is 21.9 Å². The third-order valence-corrected chi connectivity index (χ3v) is 6.03. The monoisotopic (exact) mass is 523 g/mol. The van der Waals surface area contributed by atoms with Gasteiger partial charge in [-0.2, -0.15) is 26.3 Å². The van der Waals surface area contributed by atoms with Crippen LogP contribution < -0.4 is 5.32 Å². The maximum absolute atomic E-state index is 13.3. The van der Waals surface area contributed by atoms with Gasteiger partial charge in [-0.15, -0.1) is 0 Å². The summed E-state index contributed by atoms with van der Waals surface area (Å²) in [6.45, 7) is -0.184. The summed E-state index contributed by atoms with van der Waals surface area (Å²) in [5.74, 6) is -1.91. The number of rotatable bonds is 6. The number of nitrogens with one attached hydrogen (secondary N) is 1. The standard InChI is InChI=1S/C26H19F6NO4/c27-25(28,29)15-9-14(10-16(11-15)26(30,31)32)22(12-23(34)35)33-24(36)37-13-21-19-7-3-1-5-17(19)18-6-2-4-8-20(18)21/h1-11,21-22H,12-13H2,(H,33,36)(H,34,35).